The molecule has 1 N–H and O–H groups in total. The van der Waals surface area contributed by atoms with Crippen molar-refractivity contribution in [3.63, 3.8) is 0 Å². The van der Waals surface area contributed by atoms with Crippen molar-refractivity contribution in [2.75, 3.05) is 7.11 Å². The van der Waals surface area contributed by atoms with Gasteiger partial charge in [0.2, 0.25) is 0 Å². The van der Waals surface area contributed by atoms with Gasteiger partial charge in [-0.2, -0.15) is 18.4 Å². The number of rotatable bonds is 6. The zero-order valence-corrected chi connectivity index (χ0v) is 14.7. The Morgan fingerprint density at radius 1 is 1.20 bits per heavy atom. The molecule has 0 aliphatic heterocycles. The van der Waals surface area contributed by atoms with Crippen molar-refractivity contribution >= 4 is 21.4 Å². The first-order valence-corrected chi connectivity index (χ1v) is 8.68. The Hall–Kier alpha value is -2.94. The van der Waals surface area contributed by atoms with Gasteiger partial charge in [0.15, 0.2) is 0 Å². The fraction of sp³-hybridized carbons (Fsp3) is 0.188. The molecule has 0 aliphatic rings. The second-order valence-corrected chi connectivity index (χ2v) is 6.89. The predicted octanol–water partition coefficient (Wildman–Crippen LogP) is 2.61. The molecule has 2 aromatic rings. The number of sulfonamides is 1. The SMILES string of the molecule is COc1ccc(/C(C)=N\NS(=O)(=O)c2ccc(C)c([N+](=O)[O-])c2)cc1. The van der Waals surface area contributed by atoms with E-state index in [9.17, 15) is 18.5 Å². The van der Waals surface area contributed by atoms with E-state index in [-0.39, 0.29) is 10.6 Å². The minimum atomic E-state index is -4.02. The minimum absolute atomic E-state index is 0.226. The van der Waals surface area contributed by atoms with Crippen molar-refractivity contribution < 1.29 is 18.1 Å². The molecule has 2 aromatic carbocycles. The molecular formula is C16H17N3O5S. The van der Waals surface area contributed by atoms with Crippen molar-refractivity contribution in [2.24, 2.45) is 5.10 Å². The third kappa shape index (κ3) is 4.32. The second-order valence-electron chi connectivity index (χ2n) is 5.23. The number of aryl methyl sites for hydroxylation is 1. The number of methoxy groups -OCH3 is 1. The maximum atomic E-state index is 12.3. The van der Waals surface area contributed by atoms with Crippen LogP contribution in [0.2, 0.25) is 0 Å². The normalized spacial score (nSPS) is 11.9. The summed E-state index contributed by atoms with van der Waals surface area (Å²) in [7, 11) is -2.47. The van der Waals surface area contributed by atoms with Gasteiger partial charge in [0.25, 0.3) is 15.7 Å². The highest BCUT2D eigenvalue weighted by atomic mass is 32.2. The van der Waals surface area contributed by atoms with Crippen LogP contribution in [0, 0.1) is 17.0 Å². The number of nitrogens with zero attached hydrogens (tertiary/aromatic N) is 2. The Balaban J connectivity index is 2.25. The summed E-state index contributed by atoms with van der Waals surface area (Å²) in [5, 5.41) is 14.8. The van der Waals surface area contributed by atoms with E-state index < -0.39 is 14.9 Å². The van der Waals surface area contributed by atoms with Crippen molar-refractivity contribution in [1.82, 2.24) is 4.83 Å². The molecule has 0 fully saturated rings. The van der Waals surface area contributed by atoms with Crippen molar-refractivity contribution in [1.29, 1.82) is 0 Å². The standard InChI is InChI=1S/C16H17N3O5S/c1-11-4-9-15(10-16(11)19(20)21)25(22,23)18-17-12(2)13-5-7-14(24-3)8-6-13/h4-10,18H,1-3H3/b17-12-. The van der Waals surface area contributed by atoms with Gasteiger partial charge in [0, 0.05) is 11.6 Å². The molecule has 0 aromatic heterocycles. The largest absolute Gasteiger partial charge is 0.497 e. The predicted molar refractivity (Wildman–Crippen MR) is 93.4 cm³/mol. The molecule has 0 aliphatic carbocycles. The monoisotopic (exact) mass is 363 g/mol. The van der Waals surface area contributed by atoms with Crippen molar-refractivity contribution in [3.05, 3.63) is 63.7 Å². The van der Waals surface area contributed by atoms with Gasteiger partial charge < -0.3 is 4.74 Å². The van der Waals surface area contributed by atoms with E-state index in [1.807, 2.05) is 0 Å². The maximum Gasteiger partial charge on any atom is 0.276 e. The van der Waals surface area contributed by atoms with Crippen LogP contribution in [-0.4, -0.2) is 26.2 Å². The van der Waals surface area contributed by atoms with Crippen LogP contribution in [0.15, 0.2) is 52.5 Å². The number of benzene rings is 2. The first-order chi connectivity index (χ1) is 11.7. The van der Waals surface area contributed by atoms with Crippen molar-refractivity contribution in [3.8, 4) is 5.75 Å². The van der Waals surface area contributed by atoms with E-state index in [0.29, 0.717) is 22.6 Å². The number of ether oxygens (including phenoxy) is 1. The van der Waals surface area contributed by atoms with E-state index in [2.05, 4.69) is 9.93 Å². The Morgan fingerprint density at radius 3 is 2.40 bits per heavy atom. The van der Waals surface area contributed by atoms with Crippen LogP contribution in [0.1, 0.15) is 18.1 Å². The van der Waals surface area contributed by atoms with E-state index >= 15 is 0 Å². The Kier molecular flexibility index (Phi) is 5.38. The van der Waals surface area contributed by atoms with Gasteiger partial charge in [-0.15, -0.1) is 0 Å². The minimum Gasteiger partial charge on any atom is -0.497 e. The fourth-order valence-electron chi connectivity index (χ4n) is 2.03. The van der Waals surface area contributed by atoms with Crippen LogP contribution < -0.4 is 9.57 Å². The van der Waals surface area contributed by atoms with Gasteiger partial charge in [-0.3, -0.25) is 10.1 Å². The molecule has 0 heterocycles. The van der Waals surface area contributed by atoms with Gasteiger partial charge >= 0.3 is 0 Å². The summed E-state index contributed by atoms with van der Waals surface area (Å²) in [6.45, 7) is 3.18. The van der Waals surface area contributed by atoms with Crippen LogP contribution in [-0.2, 0) is 10.0 Å². The third-order valence-electron chi connectivity index (χ3n) is 3.53. The fourth-order valence-corrected chi connectivity index (χ4v) is 2.91. The van der Waals surface area contributed by atoms with Crippen molar-refractivity contribution in [2.45, 2.75) is 18.7 Å². The lowest BCUT2D eigenvalue weighted by Crippen LogP contribution is -2.20. The lowest BCUT2D eigenvalue weighted by molar-refractivity contribution is -0.385. The molecular weight excluding hydrogens is 346 g/mol. The molecule has 9 heteroatoms. The molecule has 0 radical (unpaired) electrons. The second kappa shape index (κ2) is 7.31. The van der Waals surface area contributed by atoms with E-state index in [4.69, 9.17) is 4.74 Å². The first-order valence-electron chi connectivity index (χ1n) is 7.20. The average molecular weight is 363 g/mol. The molecule has 0 unspecified atom stereocenters. The number of hydrogen-bond acceptors (Lipinski definition) is 6. The van der Waals surface area contributed by atoms with Crippen LogP contribution in [0.5, 0.6) is 5.75 Å². The zero-order valence-electron chi connectivity index (χ0n) is 13.9. The summed E-state index contributed by atoms with van der Waals surface area (Å²) in [5.41, 5.74) is 1.26. The summed E-state index contributed by atoms with van der Waals surface area (Å²) in [4.78, 5) is 12.2. The summed E-state index contributed by atoms with van der Waals surface area (Å²) >= 11 is 0. The quantitative estimate of drug-likeness (QED) is 0.482. The molecule has 0 saturated carbocycles. The Labute approximate surface area is 145 Å². The summed E-state index contributed by atoms with van der Waals surface area (Å²) in [6.07, 6.45) is 0. The number of hydrazone groups is 1. The highest BCUT2D eigenvalue weighted by Gasteiger charge is 2.19. The van der Waals surface area contributed by atoms with E-state index in [1.165, 1.54) is 19.1 Å². The number of hydrogen-bond donors (Lipinski definition) is 1. The molecule has 0 bridgehead atoms. The van der Waals surface area contributed by atoms with Gasteiger partial charge in [-0.05, 0) is 49.7 Å². The summed E-state index contributed by atoms with van der Waals surface area (Å²) in [6, 6.07) is 10.6. The molecule has 0 amide bonds. The van der Waals surface area contributed by atoms with E-state index in [0.717, 1.165) is 6.07 Å². The average Bonchev–Trinajstić information content (AvgIpc) is 2.59. The number of nitro benzene ring substituents is 1. The van der Waals surface area contributed by atoms with Crippen LogP contribution >= 0.6 is 0 Å². The molecule has 2 rings (SSSR count). The molecule has 0 atom stereocenters. The van der Waals surface area contributed by atoms with Gasteiger partial charge in [0.1, 0.15) is 5.75 Å². The molecule has 0 saturated heterocycles. The highest BCUT2D eigenvalue weighted by Crippen LogP contribution is 2.22. The van der Waals surface area contributed by atoms with Gasteiger partial charge in [-0.25, -0.2) is 0 Å². The van der Waals surface area contributed by atoms with Crippen LogP contribution in [0.25, 0.3) is 0 Å². The Bertz CT molecular complexity index is 921. The first kappa shape index (κ1) is 18.4. The highest BCUT2D eigenvalue weighted by molar-refractivity contribution is 7.89. The van der Waals surface area contributed by atoms with Crippen LogP contribution in [0.3, 0.4) is 0 Å². The van der Waals surface area contributed by atoms with E-state index in [1.54, 1.807) is 38.3 Å². The molecule has 25 heavy (non-hydrogen) atoms. The molecule has 8 nitrogen and oxygen atoms in total. The van der Waals surface area contributed by atoms with Gasteiger partial charge in [-0.1, -0.05) is 6.07 Å². The molecule has 132 valence electrons. The molecule has 0 spiro atoms. The maximum absolute atomic E-state index is 12.3. The number of nitro groups is 1. The number of nitrogens with one attached hydrogen (secondary N) is 1. The third-order valence-corrected chi connectivity index (χ3v) is 4.74. The lowest BCUT2D eigenvalue weighted by atomic mass is 10.1. The topological polar surface area (TPSA) is 111 Å². The summed E-state index contributed by atoms with van der Waals surface area (Å²) < 4.78 is 29.6. The Morgan fingerprint density at radius 2 is 1.84 bits per heavy atom. The lowest BCUT2D eigenvalue weighted by Gasteiger charge is -2.07. The van der Waals surface area contributed by atoms with Gasteiger partial charge in [0.05, 0.1) is 22.6 Å². The van der Waals surface area contributed by atoms with Crippen LogP contribution in [0.4, 0.5) is 5.69 Å². The zero-order chi connectivity index (χ0) is 18.6. The smallest absolute Gasteiger partial charge is 0.276 e. The summed E-state index contributed by atoms with van der Waals surface area (Å²) in [5.74, 6) is 0.670.